The summed E-state index contributed by atoms with van der Waals surface area (Å²) < 4.78 is 7.69. The molecular formula is C13H17N3O. The number of ether oxygens (including phenoxy) is 1. The minimum Gasteiger partial charge on any atom is -0.494 e. The molecule has 1 aromatic carbocycles. The zero-order chi connectivity index (χ0) is 11.7. The first-order valence-corrected chi connectivity index (χ1v) is 6.10. The summed E-state index contributed by atoms with van der Waals surface area (Å²) in [5, 5.41) is 3.44. The van der Waals surface area contributed by atoms with Gasteiger partial charge in [0.25, 0.3) is 0 Å². The lowest BCUT2D eigenvalue weighted by molar-refractivity contribution is 0.371. The molecule has 0 bridgehead atoms. The molecule has 0 aliphatic carbocycles. The van der Waals surface area contributed by atoms with E-state index in [0.717, 1.165) is 29.9 Å². The van der Waals surface area contributed by atoms with Gasteiger partial charge in [0, 0.05) is 12.6 Å². The second kappa shape index (κ2) is 4.37. The first-order chi connectivity index (χ1) is 8.40. The number of methoxy groups -OCH3 is 1. The predicted molar refractivity (Wildman–Crippen MR) is 67.4 cm³/mol. The molecule has 1 saturated heterocycles. The fourth-order valence-electron chi connectivity index (χ4n) is 2.57. The maximum atomic E-state index is 5.44. The summed E-state index contributed by atoms with van der Waals surface area (Å²) in [7, 11) is 1.71. The minimum atomic E-state index is 0.491. The van der Waals surface area contributed by atoms with Crippen LogP contribution in [-0.4, -0.2) is 29.8 Å². The van der Waals surface area contributed by atoms with Crippen molar-refractivity contribution in [2.75, 3.05) is 20.2 Å². The highest BCUT2D eigenvalue weighted by molar-refractivity contribution is 5.82. The molecule has 0 spiro atoms. The van der Waals surface area contributed by atoms with E-state index in [1.807, 2.05) is 24.5 Å². The van der Waals surface area contributed by atoms with Crippen LogP contribution in [0.1, 0.15) is 18.9 Å². The lowest BCUT2D eigenvalue weighted by Crippen LogP contribution is -2.31. The number of para-hydroxylation sites is 1. The van der Waals surface area contributed by atoms with Crippen molar-refractivity contribution in [2.45, 2.75) is 18.9 Å². The van der Waals surface area contributed by atoms with Crippen LogP contribution in [0.25, 0.3) is 11.0 Å². The van der Waals surface area contributed by atoms with Crippen molar-refractivity contribution in [3.8, 4) is 5.75 Å². The topological polar surface area (TPSA) is 39.1 Å². The molecule has 0 unspecified atom stereocenters. The number of nitrogens with one attached hydrogen (secondary N) is 1. The van der Waals surface area contributed by atoms with Crippen molar-refractivity contribution in [3.63, 3.8) is 0 Å². The minimum absolute atomic E-state index is 0.491. The van der Waals surface area contributed by atoms with Crippen LogP contribution in [0.3, 0.4) is 0 Å². The van der Waals surface area contributed by atoms with Crippen molar-refractivity contribution in [3.05, 3.63) is 24.5 Å². The summed E-state index contributed by atoms with van der Waals surface area (Å²) in [5.74, 6) is 0.908. The maximum absolute atomic E-state index is 5.44. The summed E-state index contributed by atoms with van der Waals surface area (Å²) in [4.78, 5) is 4.46. The highest BCUT2D eigenvalue weighted by Crippen LogP contribution is 2.29. The van der Waals surface area contributed by atoms with E-state index in [1.54, 1.807) is 7.11 Å². The number of piperidine rings is 1. The van der Waals surface area contributed by atoms with E-state index >= 15 is 0 Å². The quantitative estimate of drug-likeness (QED) is 0.859. The van der Waals surface area contributed by atoms with Gasteiger partial charge in [-0.2, -0.15) is 0 Å². The van der Waals surface area contributed by atoms with E-state index in [-0.39, 0.29) is 0 Å². The largest absolute Gasteiger partial charge is 0.494 e. The van der Waals surface area contributed by atoms with Gasteiger partial charge in [-0.05, 0) is 31.5 Å². The van der Waals surface area contributed by atoms with Gasteiger partial charge in [-0.25, -0.2) is 4.98 Å². The number of benzene rings is 1. The second-order valence-corrected chi connectivity index (χ2v) is 4.48. The number of aromatic nitrogens is 2. The van der Waals surface area contributed by atoms with Gasteiger partial charge in [-0.1, -0.05) is 6.07 Å². The first-order valence-electron chi connectivity index (χ1n) is 6.10. The first kappa shape index (κ1) is 10.6. The fraction of sp³-hybridized carbons (Fsp3) is 0.462. The monoisotopic (exact) mass is 231 g/mol. The molecule has 90 valence electrons. The summed E-state index contributed by atoms with van der Waals surface area (Å²) in [6.07, 6.45) is 4.36. The summed E-state index contributed by atoms with van der Waals surface area (Å²) in [6, 6.07) is 6.50. The van der Waals surface area contributed by atoms with Crippen molar-refractivity contribution in [1.82, 2.24) is 14.9 Å². The second-order valence-electron chi connectivity index (χ2n) is 4.48. The zero-order valence-corrected chi connectivity index (χ0v) is 10.0. The lowest BCUT2D eigenvalue weighted by atomic mass is 10.1. The van der Waals surface area contributed by atoms with Crippen LogP contribution < -0.4 is 10.1 Å². The number of hydrogen-bond donors (Lipinski definition) is 1. The third kappa shape index (κ3) is 1.78. The van der Waals surface area contributed by atoms with Crippen LogP contribution in [0, 0.1) is 0 Å². The number of nitrogens with zero attached hydrogens (tertiary/aromatic N) is 2. The summed E-state index contributed by atoms with van der Waals surface area (Å²) >= 11 is 0. The van der Waals surface area contributed by atoms with Gasteiger partial charge in [0.15, 0.2) is 0 Å². The molecule has 0 radical (unpaired) electrons. The van der Waals surface area contributed by atoms with E-state index in [4.69, 9.17) is 4.74 Å². The van der Waals surface area contributed by atoms with Gasteiger partial charge in [0.1, 0.15) is 11.3 Å². The molecule has 4 nitrogen and oxygen atoms in total. The van der Waals surface area contributed by atoms with Gasteiger partial charge >= 0.3 is 0 Å². The van der Waals surface area contributed by atoms with E-state index in [2.05, 4.69) is 14.9 Å². The van der Waals surface area contributed by atoms with Crippen LogP contribution in [0.5, 0.6) is 5.75 Å². The Labute approximate surface area is 101 Å². The lowest BCUT2D eigenvalue weighted by Gasteiger charge is -2.25. The molecule has 3 rings (SSSR count). The SMILES string of the molecule is COc1cccc2ncn([C@H]3CCCNC3)c12. The zero-order valence-electron chi connectivity index (χ0n) is 10.0. The molecule has 0 amide bonds. The van der Waals surface area contributed by atoms with Crippen LogP contribution in [0.15, 0.2) is 24.5 Å². The number of hydrogen-bond acceptors (Lipinski definition) is 3. The molecule has 1 atom stereocenters. The summed E-state index contributed by atoms with van der Waals surface area (Å²) in [5.41, 5.74) is 2.12. The van der Waals surface area contributed by atoms with Crippen LogP contribution in [0.2, 0.25) is 0 Å². The van der Waals surface area contributed by atoms with E-state index < -0.39 is 0 Å². The molecule has 1 N–H and O–H groups in total. The Morgan fingerprint density at radius 2 is 2.41 bits per heavy atom. The molecule has 1 aliphatic rings. The molecule has 17 heavy (non-hydrogen) atoms. The Hall–Kier alpha value is -1.55. The molecule has 2 aromatic rings. The molecule has 4 heteroatoms. The molecule has 0 saturated carbocycles. The highest BCUT2D eigenvalue weighted by atomic mass is 16.5. The van der Waals surface area contributed by atoms with Gasteiger partial charge in [0.05, 0.1) is 19.0 Å². The third-order valence-corrected chi connectivity index (χ3v) is 3.44. The summed E-state index contributed by atoms with van der Waals surface area (Å²) in [6.45, 7) is 2.14. The maximum Gasteiger partial charge on any atom is 0.144 e. The Balaban J connectivity index is 2.09. The Kier molecular flexibility index (Phi) is 2.73. The van der Waals surface area contributed by atoms with E-state index in [9.17, 15) is 0 Å². The predicted octanol–water partition coefficient (Wildman–Crippen LogP) is 1.97. The molecule has 2 heterocycles. The van der Waals surface area contributed by atoms with Gasteiger partial charge in [-0.15, -0.1) is 0 Å². The van der Waals surface area contributed by atoms with Gasteiger partial charge in [0.2, 0.25) is 0 Å². The van der Waals surface area contributed by atoms with E-state index in [1.165, 1.54) is 12.8 Å². The number of rotatable bonds is 2. The fourth-order valence-corrected chi connectivity index (χ4v) is 2.57. The number of fused-ring (bicyclic) bond motifs is 1. The van der Waals surface area contributed by atoms with Crippen molar-refractivity contribution in [2.24, 2.45) is 0 Å². The average Bonchev–Trinajstić information content (AvgIpc) is 2.83. The van der Waals surface area contributed by atoms with Crippen molar-refractivity contribution in [1.29, 1.82) is 0 Å². The standard InChI is InChI=1S/C13H17N3O/c1-17-12-6-2-5-11-13(12)16(9-15-11)10-4-3-7-14-8-10/h2,5-6,9-10,14H,3-4,7-8H2,1H3/t10-/m0/s1. The molecular weight excluding hydrogens is 214 g/mol. The van der Waals surface area contributed by atoms with Crippen LogP contribution in [-0.2, 0) is 0 Å². The Morgan fingerprint density at radius 3 is 3.18 bits per heavy atom. The van der Waals surface area contributed by atoms with Crippen molar-refractivity contribution < 1.29 is 4.74 Å². The Bertz CT molecular complexity index is 514. The van der Waals surface area contributed by atoms with Gasteiger partial charge in [-0.3, -0.25) is 0 Å². The van der Waals surface area contributed by atoms with E-state index in [0.29, 0.717) is 6.04 Å². The van der Waals surface area contributed by atoms with Crippen molar-refractivity contribution >= 4 is 11.0 Å². The molecule has 1 aromatic heterocycles. The highest BCUT2D eigenvalue weighted by Gasteiger charge is 2.18. The van der Waals surface area contributed by atoms with Crippen LogP contribution in [0.4, 0.5) is 0 Å². The Morgan fingerprint density at radius 1 is 1.47 bits per heavy atom. The van der Waals surface area contributed by atoms with Crippen LogP contribution >= 0.6 is 0 Å². The average molecular weight is 231 g/mol. The smallest absolute Gasteiger partial charge is 0.144 e. The number of imidazole rings is 1. The van der Waals surface area contributed by atoms with Gasteiger partial charge < -0.3 is 14.6 Å². The normalized spacial score (nSPS) is 20.6. The molecule has 1 aliphatic heterocycles. The third-order valence-electron chi connectivity index (χ3n) is 3.44. The molecule has 1 fully saturated rings.